The Labute approximate surface area is 126 Å². The van der Waals surface area contributed by atoms with Crippen molar-refractivity contribution in [1.82, 2.24) is 0 Å². The molecule has 1 atom stereocenters. The molecule has 0 heterocycles. The van der Waals surface area contributed by atoms with Crippen LogP contribution >= 0.6 is 15.9 Å². The monoisotopic (exact) mass is 338 g/mol. The molecule has 1 N–H and O–H groups in total. The zero-order valence-electron chi connectivity index (χ0n) is 11.3. The molecule has 0 aliphatic heterocycles. The number of aliphatic hydroxyl groups is 1. The molecule has 0 saturated carbocycles. The molecule has 0 aromatic heterocycles. The molecule has 2 aromatic carbocycles. The van der Waals surface area contributed by atoms with Crippen molar-refractivity contribution in [3.63, 3.8) is 0 Å². The van der Waals surface area contributed by atoms with Gasteiger partial charge in [0.1, 0.15) is 17.7 Å². The van der Waals surface area contributed by atoms with Gasteiger partial charge in [0.15, 0.2) is 0 Å². The summed E-state index contributed by atoms with van der Waals surface area (Å²) < 4.78 is 20.3. The number of hydrogen-bond donors (Lipinski definition) is 1. The molecule has 20 heavy (non-hydrogen) atoms. The van der Waals surface area contributed by atoms with E-state index >= 15 is 0 Å². The van der Waals surface area contributed by atoms with Gasteiger partial charge in [-0.25, -0.2) is 4.39 Å². The van der Waals surface area contributed by atoms with Gasteiger partial charge < -0.3 is 9.84 Å². The summed E-state index contributed by atoms with van der Waals surface area (Å²) >= 11 is 3.29. The molecule has 0 fully saturated rings. The Morgan fingerprint density at radius 1 is 1.10 bits per heavy atom. The minimum atomic E-state index is -1.07. The van der Waals surface area contributed by atoms with Gasteiger partial charge in [-0.3, -0.25) is 0 Å². The van der Waals surface area contributed by atoms with Crippen LogP contribution in [0.3, 0.4) is 0 Å². The molecular weight excluding hydrogens is 323 g/mol. The van der Waals surface area contributed by atoms with Crippen LogP contribution in [0.15, 0.2) is 46.9 Å². The number of aliphatic hydroxyl groups excluding tert-OH is 1. The van der Waals surface area contributed by atoms with Gasteiger partial charge in [0, 0.05) is 15.6 Å². The Balaban J connectivity index is 2.42. The molecule has 0 aliphatic rings. The summed E-state index contributed by atoms with van der Waals surface area (Å²) in [5, 5.41) is 10.5. The van der Waals surface area contributed by atoms with Crippen LogP contribution in [0.1, 0.15) is 31.1 Å². The zero-order valence-corrected chi connectivity index (χ0v) is 12.9. The van der Waals surface area contributed by atoms with Crippen molar-refractivity contribution in [2.75, 3.05) is 0 Å². The van der Waals surface area contributed by atoms with Gasteiger partial charge in [-0.1, -0.05) is 34.1 Å². The predicted octanol–water partition coefficient (Wildman–Crippen LogP) is 4.46. The Bertz CT molecular complexity index is 599. The first-order valence-electron chi connectivity index (χ1n) is 6.37. The molecule has 0 bridgehead atoms. The zero-order chi connectivity index (χ0) is 14.7. The molecule has 0 saturated heterocycles. The second kappa shape index (κ2) is 6.37. The van der Waals surface area contributed by atoms with E-state index in [9.17, 15) is 9.50 Å². The van der Waals surface area contributed by atoms with Gasteiger partial charge >= 0.3 is 0 Å². The van der Waals surface area contributed by atoms with Crippen molar-refractivity contribution in [3.05, 3.63) is 63.9 Å². The standard InChI is InChI=1S/C16H16BrFO2/c1-10(2)20-15-6-4-3-5-12(15)16(19)13-9-11(17)7-8-14(13)18/h3-10,16,19H,1-2H3. The molecule has 0 aliphatic carbocycles. The van der Waals surface area contributed by atoms with Crippen LogP contribution in [0, 0.1) is 5.82 Å². The fourth-order valence-corrected chi connectivity index (χ4v) is 2.34. The SMILES string of the molecule is CC(C)Oc1ccccc1C(O)c1cc(Br)ccc1F. The fourth-order valence-electron chi connectivity index (χ4n) is 1.96. The van der Waals surface area contributed by atoms with Crippen molar-refractivity contribution in [3.8, 4) is 5.75 Å². The van der Waals surface area contributed by atoms with Crippen LogP contribution in [0.25, 0.3) is 0 Å². The van der Waals surface area contributed by atoms with Crippen LogP contribution < -0.4 is 4.74 Å². The molecule has 106 valence electrons. The van der Waals surface area contributed by atoms with Crippen LogP contribution in [-0.2, 0) is 0 Å². The topological polar surface area (TPSA) is 29.5 Å². The largest absolute Gasteiger partial charge is 0.491 e. The van der Waals surface area contributed by atoms with E-state index in [0.717, 1.165) is 4.47 Å². The summed E-state index contributed by atoms with van der Waals surface area (Å²) in [6.45, 7) is 3.81. The average Bonchev–Trinajstić information content (AvgIpc) is 2.41. The maximum atomic E-state index is 13.9. The highest BCUT2D eigenvalue weighted by atomic mass is 79.9. The summed E-state index contributed by atoms with van der Waals surface area (Å²) in [5.74, 6) is 0.120. The normalized spacial score (nSPS) is 12.5. The first kappa shape index (κ1) is 15.0. The second-order valence-corrected chi connectivity index (χ2v) is 5.69. The van der Waals surface area contributed by atoms with Crippen molar-refractivity contribution in [2.45, 2.75) is 26.1 Å². The molecule has 0 amide bonds. The summed E-state index contributed by atoms with van der Waals surface area (Å²) in [6.07, 6.45) is -1.09. The summed E-state index contributed by atoms with van der Waals surface area (Å²) in [6, 6.07) is 11.6. The quantitative estimate of drug-likeness (QED) is 0.891. The number of benzene rings is 2. The van der Waals surface area contributed by atoms with Gasteiger partial charge in [0.2, 0.25) is 0 Å². The molecule has 1 unspecified atom stereocenters. The lowest BCUT2D eigenvalue weighted by Gasteiger charge is -2.18. The third-order valence-electron chi connectivity index (χ3n) is 2.83. The van der Waals surface area contributed by atoms with Crippen molar-refractivity contribution < 1.29 is 14.2 Å². The van der Waals surface area contributed by atoms with Gasteiger partial charge in [0.05, 0.1) is 6.10 Å². The van der Waals surface area contributed by atoms with Crippen molar-refractivity contribution >= 4 is 15.9 Å². The van der Waals surface area contributed by atoms with Crippen LogP contribution in [-0.4, -0.2) is 11.2 Å². The highest BCUT2D eigenvalue weighted by Gasteiger charge is 2.19. The number of halogens is 2. The Morgan fingerprint density at radius 3 is 2.50 bits per heavy atom. The maximum Gasteiger partial charge on any atom is 0.129 e. The summed E-state index contributed by atoms with van der Waals surface area (Å²) in [4.78, 5) is 0. The molecular formula is C16H16BrFO2. The van der Waals surface area contributed by atoms with Crippen molar-refractivity contribution in [2.24, 2.45) is 0 Å². The summed E-state index contributed by atoms with van der Waals surface area (Å²) in [5.41, 5.74) is 0.775. The van der Waals surface area contributed by atoms with Crippen LogP contribution in [0.4, 0.5) is 4.39 Å². The highest BCUT2D eigenvalue weighted by molar-refractivity contribution is 9.10. The number of rotatable bonds is 4. The van der Waals surface area contributed by atoms with E-state index < -0.39 is 11.9 Å². The van der Waals surface area contributed by atoms with Crippen LogP contribution in [0.5, 0.6) is 5.75 Å². The molecule has 4 heteroatoms. The molecule has 2 aromatic rings. The lowest BCUT2D eigenvalue weighted by molar-refractivity contribution is 0.194. The third kappa shape index (κ3) is 3.38. The Kier molecular flexibility index (Phi) is 4.78. The predicted molar refractivity (Wildman–Crippen MR) is 80.4 cm³/mol. The smallest absolute Gasteiger partial charge is 0.129 e. The molecule has 2 nitrogen and oxygen atoms in total. The van der Waals surface area contributed by atoms with Gasteiger partial charge in [-0.05, 0) is 38.1 Å². The maximum absolute atomic E-state index is 13.9. The Morgan fingerprint density at radius 2 is 1.80 bits per heavy atom. The minimum Gasteiger partial charge on any atom is -0.491 e. The second-order valence-electron chi connectivity index (χ2n) is 4.77. The van der Waals surface area contributed by atoms with E-state index in [1.807, 2.05) is 19.9 Å². The average molecular weight is 339 g/mol. The first-order chi connectivity index (χ1) is 9.49. The van der Waals surface area contributed by atoms with E-state index in [2.05, 4.69) is 15.9 Å². The van der Waals surface area contributed by atoms with Gasteiger partial charge in [0.25, 0.3) is 0 Å². The number of hydrogen-bond acceptors (Lipinski definition) is 2. The molecule has 0 spiro atoms. The Hall–Kier alpha value is -1.39. The molecule has 0 radical (unpaired) electrons. The van der Waals surface area contributed by atoms with Crippen LogP contribution in [0.2, 0.25) is 0 Å². The third-order valence-corrected chi connectivity index (χ3v) is 3.32. The van der Waals surface area contributed by atoms with E-state index in [0.29, 0.717) is 11.3 Å². The van der Waals surface area contributed by atoms with Crippen molar-refractivity contribution in [1.29, 1.82) is 0 Å². The number of ether oxygens (including phenoxy) is 1. The van der Waals surface area contributed by atoms with E-state index in [4.69, 9.17) is 4.74 Å². The lowest BCUT2D eigenvalue weighted by atomic mass is 10.00. The van der Waals surface area contributed by atoms with E-state index in [1.54, 1.807) is 30.3 Å². The fraction of sp³-hybridized carbons (Fsp3) is 0.250. The molecule has 2 rings (SSSR count). The van der Waals surface area contributed by atoms with E-state index in [-0.39, 0.29) is 11.7 Å². The number of para-hydroxylation sites is 1. The minimum absolute atomic E-state index is 0.0179. The van der Waals surface area contributed by atoms with E-state index in [1.165, 1.54) is 6.07 Å². The van der Waals surface area contributed by atoms with Gasteiger partial charge in [-0.15, -0.1) is 0 Å². The van der Waals surface area contributed by atoms with Gasteiger partial charge in [-0.2, -0.15) is 0 Å². The lowest BCUT2D eigenvalue weighted by Crippen LogP contribution is -2.10. The highest BCUT2D eigenvalue weighted by Crippen LogP contribution is 2.32. The summed E-state index contributed by atoms with van der Waals surface area (Å²) in [7, 11) is 0. The first-order valence-corrected chi connectivity index (χ1v) is 7.17.